The van der Waals surface area contributed by atoms with E-state index in [2.05, 4.69) is 26.3 Å². The summed E-state index contributed by atoms with van der Waals surface area (Å²) in [5.41, 5.74) is 4.79. The van der Waals surface area contributed by atoms with Crippen LogP contribution in [-0.2, 0) is 26.1 Å². The zero-order valence-electron chi connectivity index (χ0n) is 31.5. The lowest BCUT2D eigenvalue weighted by Crippen LogP contribution is -2.38. The van der Waals surface area contributed by atoms with Crippen LogP contribution in [0.15, 0.2) is 35.4 Å². The zero-order valence-corrected chi connectivity index (χ0v) is 32.3. The molecule has 0 bridgehead atoms. The van der Waals surface area contributed by atoms with Crippen LogP contribution in [0.1, 0.15) is 97.8 Å². The Bertz CT molecular complexity index is 2190. The predicted octanol–water partition coefficient (Wildman–Crippen LogP) is 5.40. The van der Waals surface area contributed by atoms with E-state index in [1.54, 1.807) is 12.3 Å². The van der Waals surface area contributed by atoms with Gasteiger partial charge in [-0.25, -0.2) is 13.1 Å². The van der Waals surface area contributed by atoms with Gasteiger partial charge in [0.25, 0.3) is 0 Å². The van der Waals surface area contributed by atoms with E-state index in [1.807, 2.05) is 51.4 Å². The molecule has 4 aliphatic rings. The van der Waals surface area contributed by atoms with Crippen LogP contribution < -0.4 is 9.47 Å². The Balaban J connectivity index is 1.14. The van der Waals surface area contributed by atoms with Crippen LogP contribution in [0.25, 0.3) is 11.0 Å². The molecule has 0 amide bonds. The quantitative estimate of drug-likeness (QED) is 0.182. The molecule has 2 aliphatic carbocycles. The second kappa shape index (κ2) is 13.3. The Morgan fingerprint density at radius 1 is 1.11 bits per heavy atom. The summed E-state index contributed by atoms with van der Waals surface area (Å²) in [4.78, 5) is 25.3. The smallest absolute Gasteiger partial charge is 0.312 e. The Hall–Kier alpha value is -4.14. The number of hydrogen-bond donors (Lipinski definition) is 0. The summed E-state index contributed by atoms with van der Waals surface area (Å²) in [5.74, 6) is -0.349. The predicted molar refractivity (Wildman–Crippen MR) is 197 cm³/mol. The molecule has 53 heavy (non-hydrogen) atoms. The van der Waals surface area contributed by atoms with Crippen LogP contribution >= 0.6 is 0 Å². The van der Waals surface area contributed by atoms with Gasteiger partial charge in [0.15, 0.2) is 0 Å². The van der Waals surface area contributed by atoms with Gasteiger partial charge in [0.2, 0.25) is 21.8 Å². The molecule has 13 nitrogen and oxygen atoms in total. The van der Waals surface area contributed by atoms with Crippen molar-refractivity contribution in [1.82, 2.24) is 34.2 Å². The summed E-state index contributed by atoms with van der Waals surface area (Å²) < 4.78 is 50.4. The number of aryl methyl sites for hydroxylation is 3. The van der Waals surface area contributed by atoms with E-state index in [4.69, 9.17) is 19.2 Å². The van der Waals surface area contributed by atoms with Gasteiger partial charge >= 0.3 is 5.97 Å². The van der Waals surface area contributed by atoms with Gasteiger partial charge in [-0.05, 0) is 121 Å². The molecule has 5 heterocycles. The lowest BCUT2D eigenvalue weighted by molar-refractivity contribution is -0.151. The summed E-state index contributed by atoms with van der Waals surface area (Å²) >= 11 is 0. The molecule has 0 unspecified atom stereocenters. The maximum atomic E-state index is 14.5. The second-order valence-electron chi connectivity index (χ2n) is 15.9. The lowest BCUT2D eigenvalue weighted by Gasteiger charge is -2.34. The van der Waals surface area contributed by atoms with E-state index in [1.165, 1.54) is 24.3 Å². The first kappa shape index (κ1) is 35.9. The molecular formula is C39H49N7O6S. The SMILES string of the molecule is COC(=O)C(C)(C)[C@H](c1cnc(C)c(CN2CC3(CC3)Oc3nc(OCCN4CCCC4)c(C)cc3S2(=O)=O)c1)c1ccc2c(nnn2C2CC2)c1C. The van der Waals surface area contributed by atoms with Crippen molar-refractivity contribution in [2.24, 2.45) is 5.41 Å². The molecule has 1 atom stereocenters. The van der Waals surface area contributed by atoms with Gasteiger partial charge in [0.05, 0.1) is 30.6 Å². The third-order valence-electron chi connectivity index (χ3n) is 11.6. The summed E-state index contributed by atoms with van der Waals surface area (Å²) in [7, 11) is -2.64. The van der Waals surface area contributed by atoms with Crippen molar-refractivity contribution in [3.8, 4) is 11.8 Å². The molecule has 1 spiro atoms. The number of sulfonamides is 1. The summed E-state index contributed by atoms with van der Waals surface area (Å²) in [5, 5.41) is 9.02. The van der Waals surface area contributed by atoms with Crippen molar-refractivity contribution >= 4 is 27.0 Å². The first-order valence-corrected chi connectivity index (χ1v) is 20.2. The first-order chi connectivity index (χ1) is 25.3. The minimum Gasteiger partial charge on any atom is -0.476 e. The molecular weight excluding hydrogens is 695 g/mol. The molecule has 3 fully saturated rings. The number of pyridine rings is 2. The van der Waals surface area contributed by atoms with Crippen LogP contribution in [0, 0.1) is 26.2 Å². The Morgan fingerprint density at radius 3 is 2.57 bits per heavy atom. The van der Waals surface area contributed by atoms with Crippen LogP contribution in [-0.4, -0.2) is 94.1 Å². The van der Waals surface area contributed by atoms with Crippen molar-refractivity contribution in [3.05, 3.63) is 64.0 Å². The van der Waals surface area contributed by atoms with Gasteiger partial charge in [-0.3, -0.25) is 14.7 Å². The van der Waals surface area contributed by atoms with Gasteiger partial charge in [0.1, 0.15) is 22.6 Å². The minimum atomic E-state index is -4.04. The molecule has 282 valence electrons. The highest BCUT2D eigenvalue weighted by Crippen LogP contribution is 2.48. The molecule has 0 radical (unpaired) electrons. The monoisotopic (exact) mass is 743 g/mol. The number of fused-ring (bicyclic) bond motifs is 2. The van der Waals surface area contributed by atoms with E-state index in [0.717, 1.165) is 78.6 Å². The number of carbonyl (C=O) groups excluding carboxylic acids is 1. The molecule has 14 heteroatoms. The zero-order chi connectivity index (χ0) is 37.3. The Morgan fingerprint density at radius 2 is 1.87 bits per heavy atom. The van der Waals surface area contributed by atoms with Crippen molar-refractivity contribution in [3.63, 3.8) is 0 Å². The van der Waals surface area contributed by atoms with Gasteiger partial charge in [-0.2, -0.15) is 9.29 Å². The highest BCUT2D eigenvalue weighted by atomic mass is 32.2. The highest BCUT2D eigenvalue weighted by molar-refractivity contribution is 7.89. The fourth-order valence-corrected chi connectivity index (χ4v) is 9.71. The third kappa shape index (κ3) is 6.56. The number of carbonyl (C=O) groups is 1. The average Bonchev–Trinajstić information content (AvgIpc) is 4.02. The van der Waals surface area contributed by atoms with Gasteiger partial charge in [-0.15, -0.1) is 5.10 Å². The fourth-order valence-electron chi connectivity index (χ4n) is 8.09. The number of methoxy groups -OCH3 is 1. The summed E-state index contributed by atoms with van der Waals surface area (Å²) in [6.07, 6.45) is 7.81. The maximum absolute atomic E-state index is 14.5. The Kier molecular flexibility index (Phi) is 9.01. The third-order valence-corrected chi connectivity index (χ3v) is 13.4. The number of benzene rings is 1. The number of esters is 1. The van der Waals surface area contributed by atoms with Crippen molar-refractivity contribution in [2.45, 2.75) is 102 Å². The molecule has 8 rings (SSSR count). The van der Waals surface area contributed by atoms with E-state index in [-0.39, 0.29) is 29.8 Å². The van der Waals surface area contributed by atoms with Crippen molar-refractivity contribution in [2.75, 3.05) is 39.9 Å². The number of ether oxygens (including phenoxy) is 3. The van der Waals surface area contributed by atoms with Crippen molar-refractivity contribution < 1.29 is 27.4 Å². The highest BCUT2D eigenvalue weighted by Gasteiger charge is 2.53. The van der Waals surface area contributed by atoms with Gasteiger partial charge in [0, 0.05) is 36.5 Å². The average molecular weight is 744 g/mol. The maximum Gasteiger partial charge on any atom is 0.312 e. The number of nitrogens with zero attached hydrogens (tertiary/aromatic N) is 7. The normalized spacial score (nSPS) is 20.2. The van der Waals surface area contributed by atoms with Crippen LogP contribution in [0.2, 0.25) is 0 Å². The summed E-state index contributed by atoms with van der Waals surface area (Å²) in [6.45, 7) is 13.1. The summed E-state index contributed by atoms with van der Waals surface area (Å²) in [6, 6.07) is 8.09. The Labute approximate surface area is 311 Å². The van der Waals surface area contributed by atoms with Crippen LogP contribution in [0.3, 0.4) is 0 Å². The molecule has 4 aromatic rings. The fraction of sp³-hybridized carbons (Fsp3) is 0.564. The second-order valence-corrected chi connectivity index (χ2v) is 17.8. The standard InChI is InChI=1S/C39H49N7O6S/c1-24-19-32-36(41-35(24)51-18-17-44-15-7-8-16-44)52-39(13-14-39)23-45(53(32,48)49)22-28-20-27(21-40-26(28)3)33(38(4,5)37(47)50-6)30-11-12-31-34(25(30)2)42-43-46(31)29-9-10-29/h11-12,19-21,29,33H,7-10,13-18,22-23H2,1-6H3/t33-/m1/s1. The molecule has 1 aromatic carbocycles. The van der Waals surface area contributed by atoms with E-state index in [0.29, 0.717) is 29.8 Å². The molecule has 2 aliphatic heterocycles. The van der Waals surface area contributed by atoms with E-state index >= 15 is 0 Å². The lowest BCUT2D eigenvalue weighted by atomic mass is 9.70. The largest absolute Gasteiger partial charge is 0.476 e. The molecule has 3 aromatic heterocycles. The number of aromatic nitrogens is 5. The van der Waals surface area contributed by atoms with Gasteiger partial charge < -0.3 is 14.2 Å². The van der Waals surface area contributed by atoms with E-state index < -0.39 is 27.0 Å². The van der Waals surface area contributed by atoms with E-state index in [9.17, 15) is 13.2 Å². The number of rotatable bonds is 11. The van der Waals surface area contributed by atoms with Crippen LogP contribution in [0.4, 0.5) is 0 Å². The molecule has 1 saturated heterocycles. The first-order valence-electron chi connectivity index (χ1n) is 18.8. The van der Waals surface area contributed by atoms with Crippen LogP contribution in [0.5, 0.6) is 11.8 Å². The van der Waals surface area contributed by atoms with Gasteiger partial charge in [-0.1, -0.05) is 17.3 Å². The topological polar surface area (TPSA) is 142 Å². The number of likely N-dealkylation sites (tertiary alicyclic amines) is 1. The molecule has 0 N–H and O–H groups in total. The molecule has 2 saturated carbocycles. The minimum absolute atomic E-state index is 0.0420. The van der Waals surface area contributed by atoms with Crippen molar-refractivity contribution in [1.29, 1.82) is 0 Å². The number of hydrogen-bond acceptors (Lipinski definition) is 11.